The molecular weight excluding hydrogens is 386 g/mol. The zero-order valence-electron chi connectivity index (χ0n) is 18.5. The summed E-state index contributed by atoms with van der Waals surface area (Å²) in [6, 6.07) is 15.9. The minimum atomic E-state index is -0.197. The van der Waals surface area contributed by atoms with Gasteiger partial charge in [0.05, 0.1) is 16.6 Å². The molecule has 0 unspecified atom stereocenters. The molecule has 5 nitrogen and oxygen atoms in total. The lowest BCUT2D eigenvalue weighted by atomic mass is 9.72. The molecule has 0 bridgehead atoms. The van der Waals surface area contributed by atoms with Crippen molar-refractivity contribution >= 4 is 39.1 Å². The van der Waals surface area contributed by atoms with Crippen LogP contribution in [0.15, 0.2) is 48.5 Å². The molecule has 5 heteroatoms. The molecule has 0 radical (unpaired) electrons. The van der Waals surface area contributed by atoms with E-state index in [0.29, 0.717) is 11.3 Å². The van der Waals surface area contributed by atoms with Gasteiger partial charge in [-0.1, -0.05) is 51.1 Å². The third-order valence-corrected chi connectivity index (χ3v) is 6.74. The van der Waals surface area contributed by atoms with Crippen molar-refractivity contribution in [3.63, 3.8) is 0 Å². The number of ether oxygens (including phenoxy) is 1. The van der Waals surface area contributed by atoms with Gasteiger partial charge in [-0.2, -0.15) is 0 Å². The van der Waals surface area contributed by atoms with Gasteiger partial charge in [0, 0.05) is 5.39 Å². The molecule has 0 amide bonds. The van der Waals surface area contributed by atoms with Crippen molar-refractivity contribution in [3.8, 4) is 0 Å². The van der Waals surface area contributed by atoms with Crippen LogP contribution in [0.25, 0.3) is 33.1 Å². The number of hydrogen-bond acceptors (Lipinski definition) is 4. The average molecular weight is 416 g/mol. The summed E-state index contributed by atoms with van der Waals surface area (Å²) in [5.74, 6) is 0.500. The predicted molar refractivity (Wildman–Crippen MR) is 124 cm³/mol. The van der Waals surface area contributed by atoms with Crippen molar-refractivity contribution in [1.29, 1.82) is 0 Å². The van der Waals surface area contributed by atoms with Crippen molar-refractivity contribution in [3.05, 3.63) is 48.5 Å². The van der Waals surface area contributed by atoms with Crippen molar-refractivity contribution in [1.82, 2.24) is 14.5 Å². The van der Waals surface area contributed by atoms with Gasteiger partial charge in [-0.15, -0.1) is 0 Å². The van der Waals surface area contributed by atoms with Gasteiger partial charge in [0.2, 0.25) is 0 Å². The van der Waals surface area contributed by atoms with Gasteiger partial charge in [0.25, 0.3) is 0 Å². The molecule has 0 atom stereocenters. The van der Waals surface area contributed by atoms with Gasteiger partial charge in [-0.25, -0.2) is 9.97 Å². The highest BCUT2D eigenvalue weighted by atomic mass is 16.5. The van der Waals surface area contributed by atoms with Crippen molar-refractivity contribution < 1.29 is 9.53 Å². The molecule has 5 rings (SSSR count). The maximum Gasteiger partial charge on any atom is 0.326 e. The second-order valence-corrected chi connectivity index (χ2v) is 9.82. The molecule has 2 heterocycles. The Kier molecular flexibility index (Phi) is 4.92. The maximum absolute atomic E-state index is 12.9. The predicted octanol–water partition coefficient (Wildman–Crippen LogP) is 5.89. The molecule has 2 aromatic carbocycles. The van der Waals surface area contributed by atoms with E-state index in [4.69, 9.17) is 14.7 Å². The van der Waals surface area contributed by atoms with Crippen LogP contribution in [-0.4, -0.2) is 26.6 Å². The fourth-order valence-corrected chi connectivity index (χ4v) is 4.94. The third-order valence-electron chi connectivity index (χ3n) is 6.74. The Morgan fingerprint density at radius 2 is 1.61 bits per heavy atom. The van der Waals surface area contributed by atoms with Crippen LogP contribution in [0.1, 0.15) is 46.5 Å². The topological polar surface area (TPSA) is 57.0 Å². The Morgan fingerprint density at radius 3 is 2.32 bits per heavy atom. The Balaban J connectivity index is 1.42. The first-order valence-electron chi connectivity index (χ1n) is 11.2. The van der Waals surface area contributed by atoms with Gasteiger partial charge in [0.1, 0.15) is 18.2 Å². The number of para-hydroxylation sites is 3. The summed E-state index contributed by atoms with van der Waals surface area (Å²) in [7, 11) is 0. The zero-order chi connectivity index (χ0) is 21.6. The standard InChI is InChI=1S/C26H29N3O2/c1-26(2,3)17-12-14-18(15-13-17)31-23(30)16-29-22-11-7-4-8-19(22)24-25(29)28-21-10-6-5-9-20(21)27-24/h4-11,17-18H,12-16H2,1-3H3. The lowest BCUT2D eigenvalue weighted by molar-refractivity contribution is -0.151. The summed E-state index contributed by atoms with van der Waals surface area (Å²) >= 11 is 0. The van der Waals surface area contributed by atoms with Crippen LogP contribution in [-0.2, 0) is 16.1 Å². The van der Waals surface area contributed by atoms with E-state index in [1.807, 2.05) is 53.1 Å². The fourth-order valence-electron chi connectivity index (χ4n) is 4.94. The lowest BCUT2D eigenvalue weighted by Gasteiger charge is -2.36. The Labute approximate surface area is 182 Å². The van der Waals surface area contributed by atoms with Gasteiger partial charge >= 0.3 is 5.97 Å². The first-order chi connectivity index (χ1) is 14.9. The number of aromatic nitrogens is 3. The van der Waals surface area contributed by atoms with E-state index in [2.05, 4.69) is 20.8 Å². The maximum atomic E-state index is 12.9. The summed E-state index contributed by atoms with van der Waals surface area (Å²) in [6.07, 6.45) is 4.16. The summed E-state index contributed by atoms with van der Waals surface area (Å²) in [5, 5.41) is 1.01. The highest BCUT2D eigenvalue weighted by Gasteiger charge is 2.31. The van der Waals surface area contributed by atoms with Gasteiger partial charge in [0.15, 0.2) is 5.65 Å². The highest BCUT2D eigenvalue weighted by Crippen LogP contribution is 2.38. The quantitative estimate of drug-likeness (QED) is 0.392. The number of esters is 1. The van der Waals surface area contributed by atoms with Crippen molar-refractivity contribution in [2.75, 3.05) is 0 Å². The lowest BCUT2D eigenvalue weighted by Crippen LogP contribution is -2.31. The summed E-state index contributed by atoms with van der Waals surface area (Å²) in [5.41, 5.74) is 4.52. The normalized spacial score (nSPS) is 19.8. The van der Waals surface area contributed by atoms with Crippen LogP contribution >= 0.6 is 0 Å². The molecule has 0 saturated heterocycles. The third kappa shape index (κ3) is 3.78. The van der Waals surface area contributed by atoms with E-state index < -0.39 is 0 Å². The monoisotopic (exact) mass is 415 g/mol. The number of rotatable bonds is 3. The minimum absolute atomic E-state index is 0.0195. The summed E-state index contributed by atoms with van der Waals surface area (Å²) < 4.78 is 7.85. The SMILES string of the molecule is CC(C)(C)C1CCC(OC(=O)Cn2c3ccccc3c3nc4ccccc4nc32)CC1. The van der Waals surface area contributed by atoms with E-state index in [9.17, 15) is 4.79 Å². The Hall–Kier alpha value is -2.95. The fraction of sp³-hybridized carbons (Fsp3) is 0.423. The molecule has 4 aromatic rings. The second-order valence-electron chi connectivity index (χ2n) is 9.82. The number of carbonyl (C=O) groups is 1. The van der Waals surface area contributed by atoms with Crippen LogP contribution in [0.5, 0.6) is 0 Å². The number of hydrogen-bond donors (Lipinski definition) is 0. The number of carbonyl (C=O) groups excluding carboxylic acids is 1. The summed E-state index contributed by atoms with van der Waals surface area (Å²) in [4.78, 5) is 22.6. The molecule has 2 aromatic heterocycles. The van der Waals surface area contributed by atoms with Gasteiger partial charge in [-0.3, -0.25) is 4.79 Å². The van der Waals surface area contributed by atoms with Gasteiger partial charge in [-0.05, 0) is 55.2 Å². The molecule has 160 valence electrons. The highest BCUT2D eigenvalue weighted by molar-refractivity contribution is 6.06. The summed E-state index contributed by atoms with van der Waals surface area (Å²) in [6.45, 7) is 7.06. The van der Waals surface area contributed by atoms with Crippen molar-refractivity contribution in [2.24, 2.45) is 11.3 Å². The first kappa shape index (κ1) is 20.0. The van der Waals surface area contributed by atoms with Gasteiger partial charge < -0.3 is 9.30 Å². The number of nitrogens with zero attached hydrogens (tertiary/aromatic N) is 3. The zero-order valence-corrected chi connectivity index (χ0v) is 18.5. The van der Waals surface area contributed by atoms with Crippen LogP contribution in [0, 0.1) is 11.3 Å². The number of benzene rings is 2. The van der Waals surface area contributed by atoms with Crippen LogP contribution < -0.4 is 0 Å². The smallest absolute Gasteiger partial charge is 0.326 e. The molecule has 31 heavy (non-hydrogen) atoms. The van der Waals surface area contributed by atoms with E-state index in [-0.39, 0.29) is 18.6 Å². The van der Waals surface area contributed by atoms with Crippen LogP contribution in [0.3, 0.4) is 0 Å². The molecule has 1 aliphatic carbocycles. The number of fused-ring (bicyclic) bond motifs is 4. The molecule has 0 N–H and O–H groups in total. The largest absolute Gasteiger partial charge is 0.461 e. The van der Waals surface area contributed by atoms with Crippen molar-refractivity contribution in [2.45, 2.75) is 59.1 Å². The Bertz CT molecular complexity index is 1260. The second kappa shape index (κ2) is 7.63. The molecule has 1 fully saturated rings. The average Bonchev–Trinajstić information content (AvgIpc) is 3.05. The first-order valence-corrected chi connectivity index (χ1v) is 11.2. The molecular formula is C26H29N3O2. The molecule has 0 spiro atoms. The minimum Gasteiger partial charge on any atom is -0.461 e. The molecule has 0 aliphatic heterocycles. The van der Waals surface area contributed by atoms with Crippen LogP contribution in [0.4, 0.5) is 0 Å². The van der Waals surface area contributed by atoms with E-state index in [1.54, 1.807) is 0 Å². The van der Waals surface area contributed by atoms with E-state index in [0.717, 1.165) is 58.8 Å². The molecule has 1 saturated carbocycles. The Morgan fingerprint density at radius 1 is 0.968 bits per heavy atom. The van der Waals surface area contributed by atoms with E-state index >= 15 is 0 Å². The van der Waals surface area contributed by atoms with Crippen LogP contribution in [0.2, 0.25) is 0 Å². The molecule has 1 aliphatic rings. The van der Waals surface area contributed by atoms with E-state index in [1.165, 1.54) is 0 Å².